The van der Waals surface area contributed by atoms with Gasteiger partial charge in [-0.3, -0.25) is 0 Å². The number of hydrogen-bond donors (Lipinski definition) is 0. The highest BCUT2D eigenvalue weighted by Gasteiger charge is 1.97. The fraction of sp³-hybridized carbons (Fsp3) is 0.714. The van der Waals surface area contributed by atoms with Crippen LogP contribution in [0, 0.1) is 0 Å². The van der Waals surface area contributed by atoms with Gasteiger partial charge in [0.1, 0.15) is 0 Å². The van der Waals surface area contributed by atoms with Crippen LogP contribution in [0.15, 0.2) is 12.3 Å². The normalized spacial score (nSPS) is 11.6. The summed E-state index contributed by atoms with van der Waals surface area (Å²) in [7, 11) is 6.35. The number of halogens is 2. The van der Waals surface area contributed by atoms with Crippen molar-refractivity contribution in [2.24, 2.45) is 0 Å². The maximum atomic E-state index is 5.47. The van der Waals surface area contributed by atoms with Crippen molar-refractivity contribution in [1.29, 1.82) is 0 Å². The summed E-state index contributed by atoms with van der Waals surface area (Å²) >= 11 is 5.47. The van der Waals surface area contributed by atoms with Crippen LogP contribution in [0.1, 0.15) is 6.42 Å². The molecule has 1 nitrogen and oxygen atoms in total. The van der Waals surface area contributed by atoms with Gasteiger partial charge in [0, 0.05) is 5.88 Å². The summed E-state index contributed by atoms with van der Waals surface area (Å²) < 4.78 is 0.872. The topological polar surface area (TPSA) is 0 Å². The number of quaternary nitrogens is 1. The first kappa shape index (κ1) is 12.9. The van der Waals surface area contributed by atoms with Crippen molar-refractivity contribution in [3.8, 4) is 0 Å². The highest BCUT2D eigenvalue weighted by Crippen LogP contribution is 1.94. The molecule has 10 heavy (non-hydrogen) atoms. The first-order valence-corrected chi connectivity index (χ1v) is 3.64. The highest BCUT2D eigenvalue weighted by atomic mass is 35.5. The van der Waals surface area contributed by atoms with E-state index in [1.807, 2.05) is 0 Å². The summed E-state index contributed by atoms with van der Waals surface area (Å²) in [4.78, 5) is 0. The van der Waals surface area contributed by atoms with Crippen LogP contribution in [0.4, 0.5) is 0 Å². The molecule has 0 rings (SSSR count). The predicted molar refractivity (Wildman–Crippen MR) is 42.5 cm³/mol. The molecule has 0 aromatic carbocycles. The fourth-order valence-electron chi connectivity index (χ4n) is 0.454. The van der Waals surface area contributed by atoms with Gasteiger partial charge in [0.05, 0.1) is 27.3 Å². The molecule has 62 valence electrons. The number of allylic oxidation sites excluding steroid dienone is 1. The second-order valence-electron chi connectivity index (χ2n) is 2.98. The molecule has 0 aliphatic carbocycles. The number of hydrogen-bond acceptors (Lipinski definition) is 0. The van der Waals surface area contributed by atoms with Crippen molar-refractivity contribution in [3.63, 3.8) is 0 Å². The lowest BCUT2D eigenvalue weighted by Crippen LogP contribution is -3.00. The maximum Gasteiger partial charge on any atom is 0.0912 e. The molecule has 0 aromatic rings. The van der Waals surface area contributed by atoms with E-state index in [0.29, 0.717) is 0 Å². The first-order valence-electron chi connectivity index (χ1n) is 3.11. The summed E-state index contributed by atoms with van der Waals surface area (Å²) in [5.74, 6) is 0.719. The van der Waals surface area contributed by atoms with Gasteiger partial charge in [-0.1, -0.05) is 0 Å². The molecular weight excluding hydrogens is 169 g/mol. The van der Waals surface area contributed by atoms with Crippen LogP contribution in [-0.2, 0) is 0 Å². The zero-order valence-electron chi connectivity index (χ0n) is 6.77. The lowest BCUT2D eigenvalue weighted by Gasteiger charge is -2.16. The van der Waals surface area contributed by atoms with Gasteiger partial charge in [-0.2, -0.15) is 0 Å². The Labute approximate surface area is 74.7 Å². The summed E-state index contributed by atoms with van der Waals surface area (Å²) in [5.41, 5.74) is 0. The van der Waals surface area contributed by atoms with Crippen molar-refractivity contribution in [2.45, 2.75) is 6.42 Å². The van der Waals surface area contributed by atoms with E-state index in [1.54, 1.807) is 0 Å². The van der Waals surface area contributed by atoms with Crippen LogP contribution in [0.2, 0.25) is 0 Å². The van der Waals surface area contributed by atoms with Crippen molar-refractivity contribution in [1.82, 2.24) is 0 Å². The molecule has 0 atom stereocenters. The number of alkyl halides is 1. The van der Waals surface area contributed by atoms with Gasteiger partial charge in [0.15, 0.2) is 0 Å². The lowest BCUT2D eigenvalue weighted by atomic mass is 10.4. The molecule has 3 heteroatoms. The van der Waals surface area contributed by atoms with Gasteiger partial charge in [-0.15, -0.1) is 11.6 Å². The average molecular weight is 184 g/mol. The lowest BCUT2D eigenvalue weighted by molar-refractivity contribution is -0.817. The standard InChI is InChI=1S/C7H15ClN.ClH/c1-9(2,3)7-5-4-6-8;/h5,7H,4,6H2,1-3H3;1H/q+1;/p-1. The quantitative estimate of drug-likeness (QED) is 0.383. The molecule has 0 spiro atoms. The second-order valence-corrected chi connectivity index (χ2v) is 3.36. The van der Waals surface area contributed by atoms with Crippen molar-refractivity contribution >= 4 is 11.6 Å². The Bertz CT molecular complexity index is 94.3. The smallest absolute Gasteiger partial charge is 0.0912 e. The van der Waals surface area contributed by atoms with E-state index in [9.17, 15) is 0 Å². The van der Waals surface area contributed by atoms with Crippen molar-refractivity contribution < 1.29 is 16.9 Å². The summed E-state index contributed by atoms with van der Waals surface area (Å²) in [6.45, 7) is 0. The Morgan fingerprint density at radius 3 is 2.10 bits per heavy atom. The second kappa shape index (κ2) is 6.02. The maximum absolute atomic E-state index is 5.47. The molecule has 0 bridgehead atoms. The van der Waals surface area contributed by atoms with Gasteiger partial charge in [0.25, 0.3) is 0 Å². The molecule has 0 fully saturated rings. The monoisotopic (exact) mass is 183 g/mol. The van der Waals surface area contributed by atoms with Gasteiger partial charge in [-0.05, 0) is 12.5 Å². The molecule has 0 saturated heterocycles. The van der Waals surface area contributed by atoms with E-state index in [1.165, 1.54) is 0 Å². The number of nitrogens with zero attached hydrogens (tertiary/aromatic N) is 1. The van der Waals surface area contributed by atoms with Crippen molar-refractivity contribution in [2.75, 3.05) is 27.0 Å². The number of rotatable bonds is 3. The molecular formula is C7H15Cl2N. The molecule has 0 N–H and O–H groups in total. The zero-order valence-corrected chi connectivity index (χ0v) is 8.28. The fourth-order valence-corrected chi connectivity index (χ4v) is 0.580. The third-order valence-corrected chi connectivity index (χ3v) is 1.05. The predicted octanol–water partition coefficient (Wildman–Crippen LogP) is -1.16. The van der Waals surface area contributed by atoms with Gasteiger partial charge < -0.3 is 16.9 Å². The third kappa shape index (κ3) is 11.1. The van der Waals surface area contributed by atoms with E-state index in [0.717, 1.165) is 16.8 Å². The Morgan fingerprint density at radius 1 is 1.30 bits per heavy atom. The van der Waals surface area contributed by atoms with Crippen LogP contribution < -0.4 is 12.4 Å². The summed E-state index contributed by atoms with van der Waals surface area (Å²) in [6.07, 6.45) is 5.20. The van der Waals surface area contributed by atoms with Crippen LogP contribution in [0.3, 0.4) is 0 Å². The Kier molecular flexibility index (Phi) is 7.77. The van der Waals surface area contributed by atoms with Crippen LogP contribution >= 0.6 is 11.6 Å². The molecule has 0 unspecified atom stereocenters. The minimum absolute atomic E-state index is 0. The summed E-state index contributed by atoms with van der Waals surface area (Å²) in [5, 5.41) is 0. The Balaban J connectivity index is 0. The SMILES string of the molecule is C[N+](C)(C)C=CCCCl.[Cl-]. The van der Waals surface area contributed by atoms with E-state index >= 15 is 0 Å². The molecule has 0 heterocycles. The first-order chi connectivity index (χ1) is 4.06. The van der Waals surface area contributed by atoms with E-state index in [-0.39, 0.29) is 12.4 Å². The van der Waals surface area contributed by atoms with Gasteiger partial charge >= 0.3 is 0 Å². The Morgan fingerprint density at radius 2 is 1.80 bits per heavy atom. The zero-order chi connectivity index (χ0) is 7.33. The highest BCUT2D eigenvalue weighted by molar-refractivity contribution is 6.17. The van der Waals surface area contributed by atoms with Gasteiger partial charge in [-0.25, -0.2) is 0 Å². The molecule has 0 saturated carbocycles. The third-order valence-electron chi connectivity index (χ3n) is 0.828. The minimum Gasteiger partial charge on any atom is -1.00 e. The van der Waals surface area contributed by atoms with E-state index in [4.69, 9.17) is 11.6 Å². The molecule has 0 aliphatic rings. The summed E-state index contributed by atoms with van der Waals surface area (Å²) in [6, 6.07) is 0. The molecule has 0 aromatic heterocycles. The molecule has 0 aliphatic heterocycles. The van der Waals surface area contributed by atoms with E-state index in [2.05, 4.69) is 33.4 Å². The minimum atomic E-state index is 0. The molecule has 0 radical (unpaired) electrons. The van der Waals surface area contributed by atoms with Gasteiger partial charge in [0.2, 0.25) is 0 Å². The van der Waals surface area contributed by atoms with Crippen molar-refractivity contribution in [3.05, 3.63) is 12.3 Å². The van der Waals surface area contributed by atoms with E-state index < -0.39 is 0 Å². The Hall–Kier alpha value is 0.280. The van der Waals surface area contributed by atoms with Crippen LogP contribution in [0.5, 0.6) is 0 Å². The van der Waals surface area contributed by atoms with Crippen LogP contribution in [-0.4, -0.2) is 31.5 Å². The molecule has 0 amide bonds. The average Bonchev–Trinajstić information content (AvgIpc) is 1.63. The largest absolute Gasteiger partial charge is 1.00 e. The van der Waals surface area contributed by atoms with Crippen LogP contribution in [0.25, 0.3) is 0 Å².